The topological polar surface area (TPSA) is 30.5 Å². The lowest BCUT2D eigenvalue weighted by molar-refractivity contribution is 0.342. The Labute approximate surface area is 105 Å². The molecule has 0 unspecified atom stereocenters. The van der Waals surface area contributed by atoms with Crippen molar-refractivity contribution in [3.05, 3.63) is 23.3 Å². The molecule has 1 aromatic carbocycles. The van der Waals surface area contributed by atoms with Gasteiger partial charge in [0.05, 0.1) is 14.2 Å². The van der Waals surface area contributed by atoms with Crippen LogP contribution >= 0.6 is 0 Å². The van der Waals surface area contributed by atoms with E-state index in [-0.39, 0.29) is 23.0 Å². The summed E-state index contributed by atoms with van der Waals surface area (Å²) in [6, 6.07) is 1.25. The van der Waals surface area contributed by atoms with Crippen LogP contribution in [-0.2, 0) is 0 Å². The molecule has 0 atom stereocenters. The number of rotatable bonds is 3. The Bertz CT molecular complexity index is 403. The van der Waals surface area contributed by atoms with Gasteiger partial charge in [-0.15, -0.1) is 0 Å². The number of hydrogen-bond donors (Lipinski definition) is 1. The summed E-state index contributed by atoms with van der Waals surface area (Å²) in [5.74, 6) is -1.29. The molecule has 2 rings (SSSR count). The zero-order chi connectivity index (χ0) is 13.1. The SMILES string of the molecule is COc1cc(OC)c(F)c(C2CCNCC2)c1F. The normalized spacial score (nSPS) is 16.7. The molecule has 0 spiro atoms. The average molecular weight is 257 g/mol. The van der Waals surface area contributed by atoms with E-state index in [4.69, 9.17) is 9.47 Å². The van der Waals surface area contributed by atoms with Crippen LogP contribution < -0.4 is 14.8 Å². The van der Waals surface area contributed by atoms with Gasteiger partial charge in [-0.05, 0) is 31.8 Å². The van der Waals surface area contributed by atoms with Crippen molar-refractivity contribution in [2.45, 2.75) is 18.8 Å². The summed E-state index contributed by atoms with van der Waals surface area (Å²) in [7, 11) is 2.73. The van der Waals surface area contributed by atoms with Crippen LogP contribution in [0.15, 0.2) is 6.07 Å². The molecule has 100 valence electrons. The highest BCUT2D eigenvalue weighted by Gasteiger charge is 2.27. The summed E-state index contributed by atoms with van der Waals surface area (Å²) in [5.41, 5.74) is 0.0905. The van der Waals surface area contributed by atoms with E-state index < -0.39 is 11.6 Å². The minimum atomic E-state index is -0.609. The maximum atomic E-state index is 14.2. The first-order valence-corrected chi connectivity index (χ1v) is 5.99. The summed E-state index contributed by atoms with van der Waals surface area (Å²) in [6.45, 7) is 1.53. The Hall–Kier alpha value is -1.36. The molecule has 3 nitrogen and oxygen atoms in total. The first-order valence-electron chi connectivity index (χ1n) is 5.99. The fraction of sp³-hybridized carbons (Fsp3) is 0.538. The van der Waals surface area contributed by atoms with Gasteiger partial charge in [0.1, 0.15) is 0 Å². The predicted octanol–water partition coefficient (Wildman–Crippen LogP) is 2.45. The minimum absolute atomic E-state index is 0.0294. The third kappa shape index (κ3) is 2.27. The molecule has 1 aliphatic heterocycles. The Morgan fingerprint density at radius 1 is 1.06 bits per heavy atom. The Balaban J connectivity index is 2.48. The monoisotopic (exact) mass is 257 g/mol. The summed E-state index contributed by atoms with van der Waals surface area (Å²) < 4.78 is 38.3. The van der Waals surface area contributed by atoms with Crippen LogP contribution in [-0.4, -0.2) is 27.3 Å². The van der Waals surface area contributed by atoms with Gasteiger partial charge in [0.25, 0.3) is 0 Å². The van der Waals surface area contributed by atoms with Crippen LogP contribution in [0.5, 0.6) is 11.5 Å². The van der Waals surface area contributed by atoms with Gasteiger partial charge in [-0.25, -0.2) is 8.78 Å². The lowest BCUT2D eigenvalue weighted by Crippen LogP contribution is -2.27. The van der Waals surface area contributed by atoms with Crippen LogP contribution in [0, 0.1) is 11.6 Å². The second-order valence-corrected chi connectivity index (χ2v) is 4.35. The number of benzene rings is 1. The standard InChI is InChI=1S/C13H17F2NO2/c1-17-9-7-10(18-2)13(15)11(12(9)14)8-3-5-16-6-4-8/h7-8,16H,3-6H2,1-2H3. The van der Waals surface area contributed by atoms with E-state index in [0.29, 0.717) is 12.8 Å². The third-order valence-electron chi connectivity index (χ3n) is 3.36. The molecule has 0 aromatic heterocycles. The van der Waals surface area contributed by atoms with Gasteiger partial charge in [-0.3, -0.25) is 0 Å². The van der Waals surface area contributed by atoms with E-state index in [9.17, 15) is 8.78 Å². The zero-order valence-corrected chi connectivity index (χ0v) is 10.6. The quantitative estimate of drug-likeness (QED) is 0.902. The molecule has 1 aromatic rings. The van der Waals surface area contributed by atoms with Gasteiger partial charge in [-0.1, -0.05) is 0 Å². The predicted molar refractivity (Wildman–Crippen MR) is 64.3 cm³/mol. The van der Waals surface area contributed by atoms with Crippen LogP contribution in [0.25, 0.3) is 0 Å². The fourth-order valence-corrected chi connectivity index (χ4v) is 2.37. The van der Waals surface area contributed by atoms with Gasteiger partial charge >= 0.3 is 0 Å². The minimum Gasteiger partial charge on any atom is -0.494 e. The molecule has 5 heteroatoms. The van der Waals surface area contributed by atoms with E-state index in [1.54, 1.807) is 0 Å². The highest BCUT2D eigenvalue weighted by Crippen LogP contribution is 2.38. The largest absolute Gasteiger partial charge is 0.494 e. The van der Waals surface area contributed by atoms with E-state index in [1.165, 1.54) is 20.3 Å². The van der Waals surface area contributed by atoms with Crippen molar-refractivity contribution < 1.29 is 18.3 Å². The Morgan fingerprint density at radius 2 is 1.56 bits per heavy atom. The van der Waals surface area contributed by atoms with Crippen molar-refractivity contribution in [3.8, 4) is 11.5 Å². The van der Waals surface area contributed by atoms with Crippen LogP contribution in [0.1, 0.15) is 24.3 Å². The maximum Gasteiger partial charge on any atom is 0.171 e. The van der Waals surface area contributed by atoms with E-state index >= 15 is 0 Å². The molecule has 18 heavy (non-hydrogen) atoms. The van der Waals surface area contributed by atoms with Crippen molar-refractivity contribution in [2.75, 3.05) is 27.3 Å². The number of nitrogens with one attached hydrogen (secondary N) is 1. The first-order chi connectivity index (χ1) is 8.69. The van der Waals surface area contributed by atoms with Crippen molar-refractivity contribution in [1.82, 2.24) is 5.32 Å². The summed E-state index contributed by atoms with van der Waals surface area (Å²) in [6.07, 6.45) is 1.42. The lowest BCUT2D eigenvalue weighted by atomic mass is 9.89. The summed E-state index contributed by atoms with van der Waals surface area (Å²) in [4.78, 5) is 0. The molecule has 0 radical (unpaired) electrons. The molecule has 1 fully saturated rings. The van der Waals surface area contributed by atoms with E-state index in [2.05, 4.69) is 5.32 Å². The molecule has 1 N–H and O–H groups in total. The first kappa shape index (κ1) is 13.1. The highest BCUT2D eigenvalue weighted by molar-refractivity contribution is 5.43. The zero-order valence-electron chi connectivity index (χ0n) is 10.6. The summed E-state index contributed by atoms with van der Waals surface area (Å²) in [5, 5.41) is 3.17. The average Bonchev–Trinajstić information content (AvgIpc) is 2.40. The van der Waals surface area contributed by atoms with Gasteiger partial charge in [0.15, 0.2) is 23.1 Å². The van der Waals surface area contributed by atoms with E-state index in [1.807, 2.05) is 0 Å². The second-order valence-electron chi connectivity index (χ2n) is 4.35. The molecular formula is C13H17F2NO2. The van der Waals surface area contributed by atoms with Crippen LogP contribution in [0.2, 0.25) is 0 Å². The van der Waals surface area contributed by atoms with Crippen molar-refractivity contribution in [2.24, 2.45) is 0 Å². The fourth-order valence-electron chi connectivity index (χ4n) is 2.37. The van der Waals surface area contributed by atoms with Gasteiger partial charge in [0, 0.05) is 11.6 Å². The lowest BCUT2D eigenvalue weighted by Gasteiger charge is -2.25. The number of methoxy groups -OCH3 is 2. The highest BCUT2D eigenvalue weighted by atomic mass is 19.1. The van der Waals surface area contributed by atoms with Crippen molar-refractivity contribution in [3.63, 3.8) is 0 Å². The Morgan fingerprint density at radius 3 is 2.00 bits per heavy atom. The number of ether oxygens (including phenoxy) is 2. The maximum absolute atomic E-state index is 14.2. The molecule has 0 aliphatic carbocycles. The molecule has 1 heterocycles. The third-order valence-corrected chi connectivity index (χ3v) is 3.36. The van der Waals surface area contributed by atoms with Crippen molar-refractivity contribution in [1.29, 1.82) is 0 Å². The van der Waals surface area contributed by atoms with E-state index in [0.717, 1.165) is 13.1 Å². The van der Waals surface area contributed by atoms with Gasteiger partial charge < -0.3 is 14.8 Å². The number of hydrogen-bond acceptors (Lipinski definition) is 3. The van der Waals surface area contributed by atoms with Gasteiger partial charge in [0.2, 0.25) is 0 Å². The molecule has 1 aliphatic rings. The second kappa shape index (κ2) is 5.52. The van der Waals surface area contributed by atoms with Crippen LogP contribution in [0.4, 0.5) is 8.78 Å². The number of halogens is 2. The van der Waals surface area contributed by atoms with Crippen LogP contribution in [0.3, 0.4) is 0 Å². The Kier molecular flexibility index (Phi) is 4.01. The molecular weight excluding hydrogens is 240 g/mol. The molecule has 1 saturated heterocycles. The summed E-state index contributed by atoms with van der Waals surface area (Å²) >= 11 is 0. The molecule has 0 saturated carbocycles. The number of piperidine rings is 1. The molecule has 0 bridgehead atoms. The van der Waals surface area contributed by atoms with Crippen molar-refractivity contribution >= 4 is 0 Å². The van der Waals surface area contributed by atoms with Gasteiger partial charge in [-0.2, -0.15) is 0 Å². The molecule has 0 amide bonds. The smallest absolute Gasteiger partial charge is 0.171 e.